The van der Waals surface area contributed by atoms with Crippen molar-refractivity contribution in [3.63, 3.8) is 0 Å². The molecule has 0 aromatic heterocycles. The van der Waals surface area contributed by atoms with Crippen LogP contribution >= 0.6 is 0 Å². The van der Waals surface area contributed by atoms with Crippen LogP contribution in [0.3, 0.4) is 0 Å². The summed E-state index contributed by atoms with van der Waals surface area (Å²) >= 11 is 0. The molecule has 0 unspecified atom stereocenters. The van der Waals surface area contributed by atoms with Crippen molar-refractivity contribution in [1.82, 2.24) is 0 Å². The van der Waals surface area contributed by atoms with Crippen molar-refractivity contribution >= 4 is 28.9 Å². The van der Waals surface area contributed by atoms with E-state index in [-0.39, 0.29) is 30.5 Å². The van der Waals surface area contributed by atoms with E-state index < -0.39 is 17.6 Å². The maximum atomic E-state index is 14.0. The lowest BCUT2D eigenvalue weighted by atomic mass is 10.1. The van der Waals surface area contributed by atoms with Crippen molar-refractivity contribution in [2.24, 2.45) is 5.92 Å². The van der Waals surface area contributed by atoms with Crippen molar-refractivity contribution < 1.29 is 23.1 Å². The number of ether oxygens (including phenoxy) is 1. The summed E-state index contributed by atoms with van der Waals surface area (Å²) in [5, 5.41) is 2.80. The van der Waals surface area contributed by atoms with Gasteiger partial charge in [-0.1, -0.05) is 0 Å². The van der Waals surface area contributed by atoms with Gasteiger partial charge in [-0.2, -0.15) is 0 Å². The maximum Gasteiger partial charge on any atom is 0.229 e. The second kappa shape index (κ2) is 7.10. The predicted octanol–water partition coefficient (Wildman–Crippen LogP) is 2.79. The summed E-state index contributed by atoms with van der Waals surface area (Å²) in [5.74, 6) is -2.20. The molecule has 28 heavy (non-hydrogen) atoms. The van der Waals surface area contributed by atoms with E-state index in [0.717, 1.165) is 24.4 Å². The molecule has 0 spiro atoms. The van der Waals surface area contributed by atoms with Crippen molar-refractivity contribution in [1.29, 1.82) is 0 Å². The number of fused-ring (bicyclic) bond motifs is 1. The Bertz CT molecular complexity index is 950. The lowest BCUT2D eigenvalue weighted by molar-refractivity contribution is -0.122. The lowest BCUT2D eigenvalue weighted by Gasteiger charge is -2.28. The largest absolute Gasteiger partial charge is 0.489 e. The van der Waals surface area contributed by atoms with Gasteiger partial charge in [0.05, 0.1) is 23.8 Å². The van der Waals surface area contributed by atoms with Gasteiger partial charge in [-0.3, -0.25) is 9.59 Å². The number of nitrogens with one attached hydrogen (secondary N) is 1. The second-order valence-corrected chi connectivity index (χ2v) is 6.94. The van der Waals surface area contributed by atoms with Gasteiger partial charge in [-0.15, -0.1) is 0 Å². The number of hydrogen-bond donors (Lipinski definition) is 1. The van der Waals surface area contributed by atoms with Crippen molar-refractivity contribution in [3.05, 3.63) is 48.0 Å². The first-order chi connectivity index (χ1) is 13.4. The molecule has 2 aromatic carbocycles. The van der Waals surface area contributed by atoms with Crippen LogP contribution in [0.1, 0.15) is 6.42 Å². The summed E-state index contributed by atoms with van der Waals surface area (Å²) in [4.78, 5) is 28.1. The van der Waals surface area contributed by atoms with Gasteiger partial charge in [0.25, 0.3) is 0 Å². The zero-order valence-electron chi connectivity index (χ0n) is 15.2. The standard InChI is InChI=1S/C20H19F2N3O3/c1-24-6-7-28-18-10-14(3-5-17(18)24)23-20(27)12-8-19(26)25(11-12)16-4-2-13(21)9-15(16)22/h2-5,9-10,12H,6-8,11H2,1H3,(H,23,27)/t12-/m0/s1. The molecule has 2 aliphatic heterocycles. The molecule has 1 saturated heterocycles. The first-order valence-corrected chi connectivity index (χ1v) is 8.96. The van der Waals surface area contributed by atoms with Gasteiger partial charge in [-0.25, -0.2) is 8.78 Å². The molecule has 146 valence electrons. The van der Waals surface area contributed by atoms with Crippen LogP contribution in [0.15, 0.2) is 36.4 Å². The number of likely N-dealkylation sites (N-methyl/N-ethyl adjacent to an activating group) is 1. The zero-order chi connectivity index (χ0) is 19.8. The third kappa shape index (κ3) is 3.37. The van der Waals surface area contributed by atoms with Crippen LogP contribution in [0.4, 0.5) is 25.8 Å². The average Bonchev–Trinajstić information content (AvgIpc) is 3.03. The Hall–Kier alpha value is -3.16. The van der Waals surface area contributed by atoms with Crippen molar-refractivity contribution in [3.8, 4) is 5.75 Å². The Morgan fingerprint density at radius 2 is 1.96 bits per heavy atom. The van der Waals surface area contributed by atoms with Crippen LogP contribution in [-0.4, -0.2) is 38.6 Å². The van der Waals surface area contributed by atoms with Gasteiger partial charge in [0, 0.05) is 37.8 Å². The number of hydrogen-bond acceptors (Lipinski definition) is 4. The molecule has 1 atom stereocenters. The van der Waals surface area contributed by atoms with Gasteiger partial charge in [0.2, 0.25) is 11.8 Å². The van der Waals surface area contributed by atoms with E-state index >= 15 is 0 Å². The Morgan fingerprint density at radius 3 is 2.75 bits per heavy atom. The minimum absolute atomic E-state index is 0.0214. The van der Waals surface area contributed by atoms with E-state index in [1.165, 1.54) is 11.0 Å². The molecule has 4 rings (SSSR count). The monoisotopic (exact) mass is 387 g/mol. The highest BCUT2D eigenvalue weighted by Gasteiger charge is 2.36. The van der Waals surface area contributed by atoms with E-state index in [1.54, 1.807) is 12.1 Å². The normalized spacial score (nSPS) is 18.7. The highest BCUT2D eigenvalue weighted by molar-refractivity contribution is 6.03. The second-order valence-electron chi connectivity index (χ2n) is 6.94. The van der Waals surface area contributed by atoms with E-state index in [0.29, 0.717) is 18.0 Å². The fraction of sp³-hybridized carbons (Fsp3) is 0.300. The Morgan fingerprint density at radius 1 is 1.18 bits per heavy atom. The lowest BCUT2D eigenvalue weighted by Crippen LogP contribution is -2.29. The van der Waals surface area contributed by atoms with Crippen LogP contribution < -0.4 is 19.9 Å². The van der Waals surface area contributed by atoms with Crippen LogP contribution in [-0.2, 0) is 9.59 Å². The zero-order valence-corrected chi connectivity index (χ0v) is 15.2. The molecule has 2 heterocycles. The van der Waals surface area contributed by atoms with Crippen LogP contribution in [0.2, 0.25) is 0 Å². The van der Waals surface area contributed by atoms with Crippen LogP contribution in [0.25, 0.3) is 0 Å². The first kappa shape index (κ1) is 18.2. The minimum atomic E-state index is -0.828. The van der Waals surface area contributed by atoms with E-state index in [1.807, 2.05) is 13.1 Å². The van der Waals surface area contributed by atoms with Crippen LogP contribution in [0, 0.1) is 17.6 Å². The van der Waals surface area contributed by atoms with E-state index in [4.69, 9.17) is 4.74 Å². The molecule has 8 heteroatoms. The molecule has 6 nitrogen and oxygen atoms in total. The number of amides is 2. The number of carbonyl (C=O) groups excluding carboxylic acids is 2. The predicted molar refractivity (Wildman–Crippen MR) is 101 cm³/mol. The number of carbonyl (C=O) groups is 2. The number of benzene rings is 2. The third-order valence-electron chi connectivity index (χ3n) is 5.02. The molecule has 1 N–H and O–H groups in total. The number of halogens is 2. The minimum Gasteiger partial charge on any atom is -0.489 e. The highest BCUT2D eigenvalue weighted by atomic mass is 19.1. The number of anilines is 3. The van der Waals surface area contributed by atoms with Crippen molar-refractivity contribution in [2.75, 3.05) is 41.9 Å². The molecule has 0 saturated carbocycles. The Labute approximate surface area is 160 Å². The molecule has 0 aliphatic carbocycles. The van der Waals surface area contributed by atoms with Crippen LogP contribution in [0.5, 0.6) is 5.75 Å². The summed E-state index contributed by atoms with van der Waals surface area (Å²) in [5.41, 5.74) is 1.49. The van der Waals surface area contributed by atoms with Gasteiger partial charge < -0.3 is 19.9 Å². The SMILES string of the molecule is CN1CCOc2cc(NC(=O)[C@H]3CC(=O)N(c4ccc(F)cc4F)C3)ccc21. The fourth-order valence-corrected chi connectivity index (χ4v) is 3.50. The molecule has 1 fully saturated rings. The highest BCUT2D eigenvalue weighted by Crippen LogP contribution is 2.34. The summed E-state index contributed by atoms with van der Waals surface area (Å²) in [7, 11) is 1.97. The summed E-state index contributed by atoms with van der Waals surface area (Å²) in [6.07, 6.45) is -0.0349. The van der Waals surface area contributed by atoms with E-state index in [2.05, 4.69) is 10.2 Å². The molecule has 2 aliphatic rings. The topological polar surface area (TPSA) is 61.9 Å². The molecular formula is C20H19F2N3O3. The maximum absolute atomic E-state index is 14.0. The third-order valence-corrected chi connectivity index (χ3v) is 5.02. The Balaban J connectivity index is 1.47. The molecule has 0 radical (unpaired) electrons. The van der Waals surface area contributed by atoms with E-state index in [9.17, 15) is 18.4 Å². The Kier molecular flexibility index (Phi) is 4.62. The van der Waals surface area contributed by atoms with Gasteiger partial charge in [0.1, 0.15) is 24.0 Å². The number of nitrogens with zero attached hydrogens (tertiary/aromatic N) is 2. The summed E-state index contributed by atoms with van der Waals surface area (Å²) < 4.78 is 32.7. The fourth-order valence-electron chi connectivity index (χ4n) is 3.50. The number of rotatable bonds is 3. The summed E-state index contributed by atoms with van der Waals surface area (Å²) in [6, 6.07) is 8.40. The smallest absolute Gasteiger partial charge is 0.229 e. The first-order valence-electron chi connectivity index (χ1n) is 8.96. The molecule has 2 amide bonds. The van der Waals surface area contributed by atoms with Crippen molar-refractivity contribution in [2.45, 2.75) is 6.42 Å². The van der Waals surface area contributed by atoms with Gasteiger partial charge >= 0.3 is 0 Å². The molecule has 0 bridgehead atoms. The molecule has 2 aromatic rings. The molecular weight excluding hydrogens is 368 g/mol. The van der Waals surface area contributed by atoms with Gasteiger partial charge in [0.15, 0.2) is 0 Å². The quantitative estimate of drug-likeness (QED) is 0.880. The summed E-state index contributed by atoms with van der Waals surface area (Å²) in [6.45, 7) is 1.40. The van der Waals surface area contributed by atoms with Gasteiger partial charge in [-0.05, 0) is 24.3 Å². The average molecular weight is 387 g/mol.